The molecule has 0 unspecified atom stereocenters. The van der Waals surface area contributed by atoms with E-state index in [4.69, 9.17) is 9.47 Å². The van der Waals surface area contributed by atoms with E-state index in [0.29, 0.717) is 18.6 Å². The summed E-state index contributed by atoms with van der Waals surface area (Å²) >= 11 is 0. The fraction of sp³-hybridized carbons (Fsp3) is 0.346. The zero-order chi connectivity index (χ0) is 21.3. The zero-order valence-corrected chi connectivity index (χ0v) is 18.1. The van der Waals surface area contributed by atoms with E-state index < -0.39 is 6.10 Å². The summed E-state index contributed by atoms with van der Waals surface area (Å²) in [7, 11) is 0. The van der Waals surface area contributed by atoms with Crippen LogP contribution in [-0.4, -0.2) is 17.6 Å². The molecule has 0 aromatic heterocycles. The van der Waals surface area contributed by atoms with Crippen LogP contribution in [0.4, 0.5) is 0 Å². The number of carbonyl (C=O) groups excluding carboxylic acids is 1. The highest BCUT2D eigenvalue weighted by atomic mass is 16.5. The van der Waals surface area contributed by atoms with E-state index in [1.165, 1.54) is 0 Å². The van der Waals surface area contributed by atoms with E-state index in [9.17, 15) is 4.79 Å². The first kappa shape index (κ1) is 20.3. The van der Waals surface area contributed by atoms with E-state index in [1.807, 2.05) is 56.3 Å². The van der Waals surface area contributed by atoms with Crippen LogP contribution in [0.15, 0.2) is 60.7 Å². The highest BCUT2D eigenvalue weighted by molar-refractivity contribution is 5.84. The molecule has 1 N–H and O–H groups in total. The van der Waals surface area contributed by atoms with Crippen molar-refractivity contribution in [3.05, 3.63) is 71.8 Å². The van der Waals surface area contributed by atoms with E-state index in [2.05, 4.69) is 37.4 Å². The molecule has 0 spiro atoms. The standard InChI is InChI=1S/C26H29NO3/c1-5-23(29-20-12-11-18-8-6-7-9-19(18)15-20)25(28)27-22-16-26(3,4)30-24-14-17(2)10-13-21(22)24/h6-15,22-23H,5,16H2,1-4H3,(H,27,28)/t22-,23+/m0/s1. The molecule has 3 aromatic carbocycles. The lowest BCUT2D eigenvalue weighted by atomic mass is 9.89. The molecule has 1 aliphatic heterocycles. The van der Waals surface area contributed by atoms with Crippen molar-refractivity contribution in [1.29, 1.82) is 0 Å². The van der Waals surface area contributed by atoms with Crippen molar-refractivity contribution in [2.45, 2.75) is 58.3 Å². The highest BCUT2D eigenvalue weighted by Gasteiger charge is 2.35. The third-order valence-electron chi connectivity index (χ3n) is 5.61. The van der Waals surface area contributed by atoms with Crippen molar-refractivity contribution in [3.8, 4) is 11.5 Å². The van der Waals surface area contributed by atoms with Gasteiger partial charge in [-0.05, 0) is 61.7 Å². The first-order valence-corrected chi connectivity index (χ1v) is 10.6. The molecule has 4 heteroatoms. The summed E-state index contributed by atoms with van der Waals surface area (Å²) < 4.78 is 12.2. The molecule has 1 aliphatic rings. The summed E-state index contributed by atoms with van der Waals surface area (Å²) in [4.78, 5) is 13.1. The maximum Gasteiger partial charge on any atom is 0.261 e. The lowest BCUT2D eigenvalue weighted by Gasteiger charge is -2.38. The summed E-state index contributed by atoms with van der Waals surface area (Å²) in [6, 6.07) is 20.1. The smallest absolute Gasteiger partial charge is 0.261 e. The van der Waals surface area contributed by atoms with Crippen LogP contribution in [0.1, 0.15) is 50.8 Å². The minimum absolute atomic E-state index is 0.0973. The van der Waals surface area contributed by atoms with Crippen LogP contribution < -0.4 is 14.8 Å². The van der Waals surface area contributed by atoms with Gasteiger partial charge >= 0.3 is 0 Å². The van der Waals surface area contributed by atoms with E-state index in [1.54, 1.807) is 0 Å². The Kier molecular flexibility index (Phi) is 5.42. The monoisotopic (exact) mass is 403 g/mol. The zero-order valence-electron chi connectivity index (χ0n) is 18.1. The predicted octanol–water partition coefficient (Wildman–Crippen LogP) is 5.72. The molecular weight excluding hydrogens is 374 g/mol. The molecule has 3 aromatic rings. The molecule has 30 heavy (non-hydrogen) atoms. The molecule has 0 radical (unpaired) electrons. The van der Waals surface area contributed by atoms with E-state index in [0.717, 1.165) is 27.6 Å². The van der Waals surface area contributed by atoms with Crippen molar-refractivity contribution in [1.82, 2.24) is 5.32 Å². The van der Waals surface area contributed by atoms with Crippen molar-refractivity contribution >= 4 is 16.7 Å². The van der Waals surface area contributed by atoms with Gasteiger partial charge in [-0.25, -0.2) is 0 Å². The first-order chi connectivity index (χ1) is 14.3. The molecule has 0 saturated heterocycles. The van der Waals surface area contributed by atoms with Crippen molar-refractivity contribution < 1.29 is 14.3 Å². The lowest BCUT2D eigenvalue weighted by molar-refractivity contribution is -0.129. The molecular formula is C26H29NO3. The summed E-state index contributed by atoms with van der Waals surface area (Å²) in [6.45, 7) is 8.13. The maximum atomic E-state index is 13.1. The van der Waals surface area contributed by atoms with E-state index >= 15 is 0 Å². The Bertz CT molecular complexity index is 1070. The number of hydrogen-bond donors (Lipinski definition) is 1. The lowest BCUT2D eigenvalue weighted by Crippen LogP contribution is -2.45. The Morgan fingerprint density at radius 1 is 1.13 bits per heavy atom. The van der Waals surface area contributed by atoms with Gasteiger partial charge in [-0.1, -0.05) is 49.4 Å². The van der Waals surface area contributed by atoms with Gasteiger partial charge in [-0.3, -0.25) is 4.79 Å². The molecule has 1 heterocycles. The van der Waals surface area contributed by atoms with Gasteiger partial charge in [0.15, 0.2) is 6.10 Å². The Morgan fingerprint density at radius 3 is 2.67 bits per heavy atom. The average molecular weight is 404 g/mol. The van der Waals surface area contributed by atoms with Crippen molar-refractivity contribution in [2.24, 2.45) is 0 Å². The number of fused-ring (bicyclic) bond motifs is 2. The predicted molar refractivity (Wildman–Crippen MR) is 120 cm³/mol. The molecule has 0 saturated carbocycles. The Labute approximate surface area is 178 Å². The normalized spacial score (nSPS) is 18.2. The number of rotatable bonds is 5. The van der Waals surface area contributed by atoms with Crippen LogP contribution in [0.2, 0.25) is 0 Å². The minimum Gasteiger partial charge on any atom is -0.487 e. The quantitative estimate of drug-likeness (QED) is 0.592. The van der Waals surface area contributed by atoms with Gasteiger partial charge in [0, 0.05) is 12.0 Å². The van der Waals surface area contributed by atoms with Crippen LogP contribution in [0.25, 0.3) is 10.8 Å². The van der Waals surface area contributed by atoms with Gasteiger partial charge in [0.25, 0.3) is 5.91 Å². The Hall–Kier alpha value is -3.01. The number of benzene rings is 3. The molecule has 2 atom stereocenters. The van der Waals surface area contributed by atoms with Gasteiger partial charge < -0.3 is 14.8 Å². The molecule has 0 fully saturated rings. The maximum absolute atomic E-state index is 13.1. The molecule has 0 bridgehead atoms. The third-order valence-corrected chi connectivity index (χ3v) is 5.61. The van der Waals surface area contributed by atoms with Gasteiger partial charge in [0.2, 0.25) is 0 Å². The largest absolute Gasteiger partial charge is 0.487 e. The second-order valence-electron chi connectivity index (χ2n) is 8.69. The van der Waals surface area contributed by atoms with Gasteiger partial charge in [-0.15, -0.1) is 0 Å². The highest BCUT2D eigenvalue weighted by Crippen LogP contribution is 2.40. The SMILES string of the molecule is CC[C@@H](Oc1ccc2ccccc2c1)C(=O)N[C@H]1CC(C)(C)Oc2cc(C)ccc21. The van der Waals surface area contributed by atoms with Crippen LogP contribution in [0.5, 0.6) is 11.5 Å². The van der Waals surface area contributed by atoms with Crippen LogP contribution in [0.3, 0.4) is 0 Å². The number of ether oxygens (including phenoxy) is 2. The van der Waals surface area contributed by atoms with Crippen molar-refractivity contribution in [3.63, 3.8) is 0 Å². The van der Waals surface area contributed by atoms with Crippen LogP contribution in [0, 0.1) is 6.92 Å². The van der Waals surface area contributed by atoms with Crippen LogP contribution in [-0.2, 0) is 4.79 Å². The summed E-state index contributed by atoms with van der Waals surface area (Å²) in [5.41, 5.74) is 1.82. The van der Waals surface area contributed by atoms with Gasteiger partial charge in [-0.2, -0.15) is 0 Å². The van der Waals surface area contributed by atoms with Crippen LogP contribution >= 0.6 is 0 Å². The summed E-state index contributed by atoms with van der Waals surface area (Å²) in [5.74, 6) is 1.46. The summed E-state index contributed by atoms with van der Waals surface area (Å²) in [6.07, 6.45) is 0.749. The Balaban J connectivity index is 1.52. The third kappa shape index (κ3) is 4.28. The number of amides is 1. The molecule has 0 aliphatic carbocycles. The summed E-state index contributed by atoms with van der Waals surface area (Å²) in [5, 5.41) is 5.46. The fourth-order valence-corrected chi connectivity index (χ4v) is 4.08. The second-order valence-corrected chi connectivity index (χ2v) is 8.69. The second kappa shape index (κ2) is 8.02. The number of aryl methyl sites for hydroxylation is 1. The Morgan fingerprint density at radius 2 is 1.90 bits per heavy atom. The van der Waals surface area contributed by atoms with Crippen molar-refractivity contribution in [2.75, 3.05) is 0 Å². The molecule has 1 amide bonds. The minimum atomic E-state index is -0.550. The van der Waals surface area contributed by atoms with Gasteiger partial charge in [0.05, 0.1) is 6.04 Å². The molecule has 156 valence electrons. The first-order valence-electron chi connectivity index (χ1n) is 10.6. The molecule has 4 nitrogen and oxygen atoms in total. The fourth-order valence-electron chi connectivity index (χ4n) is 4.08. The average Bonchev–Trinajstić information content (AvgIpc) is 2.70. The topological polar surface area (TPSA) is 47.6 Å². The number of nitrogens with one attached hydrogen (secondary N) is 1. The number of carbonyl (C=O) groups is 1. The van der Waals surface area contributed by atoms with Gasteiger partial charge in [0.1, 0.15) is 17.1 Å². The molecule has 4 rings (SSSR count). The number of hydrogen-bond acceptors (Lipinski definition) is 3. The van der Waals surface area contributed by atoms with E-state index in [-0.39, 0.29) is 17.6 Å².